The molecule has 0 heterocycles. The second-order valence-electron chi connectivity index (χ2n) is 3.95. The Morgan fingerprint density at radius 3 is 2.05 bits per heavy atom. The Balaban J connectivity index is 2.47. The summed E-state index contributed by atoms with van der Waals surface area (Å²) in [7, 11) is 1.40. The smallest absolute Gasteiger partial charge is 0.232 e. The molecule has 0 aliphatic heterocycles. The number of unbranched alkanes of at least 4 members (excludes halogenated alkanes) is 2. The maximum absolute atomic E-state index is 13.2. The van der Waals surface area contributed by atoms with Crippen LogP contribution in [0.1, 0.15) is 19.3 Å². The fourth-order valence-corrected chi connectivity index (χ4v) is 2.28. The molecule has 1 aromatic rings. The average Bonchev–Trinajstić information content (AvgIpc) is 2.33. The molecule has 0 saturated carbocycles. The Bertz CT molecular complexity index is 551. The minimum atomic E-state index is -3.58. The van der Waals surface area contributed by atoms with Crippen LogP contribution >= 0.6 is 10.7 Å². The van der Waals surface area contributed by atoms with Crippen LogP contribution in [0.5, 0.6) is 5.75 Å². The summed E-state index contributed by atoms with van der Waals surface area (Å²) in [6.45, 7) is -0.209. The molecule has 3 nitrogen and oxygen atoms in total. The Kier molecular flexibility index (Phi) is 6.07. The number of hydrogen-bond acceptors (Lipinski definition) is 3. The second-order valence-corrected chi connectivity index (χ2v) is 6.85. The van der Waals surface area contributed by atoms with Gasteiger partial charge in [0, 0.05) is 16.7 Å². The van der Waals surface area contributed by atoms with E-state index in [9.17, 15) is 26.0 Å². The van der Waals surface area contributed by atoms with Gasteiger partial charge in [-0.25, -0.2) is 17.2 Å². The van der Waals surface area contributed by atoms with Crippen molar-refractivity contribution in [1.82, 2.24) is 0 Å². The molecule has 0 aliphatic carbocycles. The number of hydrogen-bond donors (Lipinski definition) is 0. The molecular formula is C11H11ClF4O3S. The summed E-state index contributed by atoms with van der Waals surface area (Å²) in [4.78, 5) is 0. The number of halogens is 5. The summed E-state index contributed by atoms with van der Waals surface area (Å²) in [5.41, 5.74) is 0. The van der Waals surface area contributed by atoms with E-state index >= 15 is 0 Å². The number of benzene rings is 1. The zero-order chi connectivity index (χ0) is 15.3. The van der Waals surface area contributed by atoms with Crippen molar-refractivity contribution in [1.29, 1.82) is 0 Å². The van der Waals surface area contributed by atoms with Gasteiger partial charge in [0.2, 0.25) is 20.7 Å². The van der Waals surface area contributed by atoms with Crippen LogP contribution in [0.4, 0.5) is 17.6 Å². The van der Waals surface area contributed by atoms with Crippen molar-refractivity contribution in [2.45, 2.75) is 19.3 Å². The molecular weight excluding hydrogens is 324 g/mol. The zero-order valence-corrected chi connectivity index (χ0v) is 11.7. The topological polar surface area (TPSA) is 43.4 Å². The Labute approximate surface area is 117 Å². The maximum atomic E-state index is 13.2. The highest BCUT2D eigenvalue weighted by atomic mass is 35.7. The van der Waals surface area contributed by atoms with Gasteiger partial charge in [0.15, 0.2) is 17.4 Å². The number of ether oxygens (including phenoxy) is 1. The quantitative estimate of drug-likeness (QED) is 0.332. The Hall–Kier alpha value is -1.02. The molecule has 0 unspecified atom stereocenters. The van der Waals surface area contributed by atoms with Gasteiger partial charge in [-0.3, -0.25) is 0 Å². The Morgan fingerprint density at radius 1 is 1.00 bits per heavy atom. The molecule has 0 amide bonds. The lowest BCUT2D eigenvalue weighted by Crippen LogP contribution is -2.05. The van der Waals surface area contributed by atoms with E-state index in [2.05, 4.69) is 4.74 Å². The summed E-state index contributed by atoms with van der Waals surface area (Å²) in [6, 6.07) is 0.0862. The van der Waals surface area contributed by atoms with Crippen molar-refractivity contribution in [3.63, 3.8) is 0 Å². The molecule has 114 valence electrons. The largest absolute Gasteiger partial charge is 0.487 e. The fraction of sp³-hybridized carbons (Fsp3) is 0.455. The molecule has 20 heavy (non-hydrogen) atoms. The molecule has 0 N–H and O–H groups in total. The molecule has 0 aliphatic rings. The van der Waals surface area contributed by atoms with E-state index in [0.29, 0.717) is 6.42 Å². The highest BCUT2D eigenvalue weighted by Crippen LogP contribution is 2.26. The van der Waals surface area contributed by atoms with Crippen molar-refractivity contribution in [2.75, 3.05) is 12.4 Å². The van der Waals surface area contributed by atoms with Crippen molar-refractivity contribution in [3.8, 4) is 5.75 Å². The van der Waals surface area contributed by atoms with Gasteiger partial charge in [0.05, 0.1) is 12.4 Å². The van der Waals surface area contributed by atoms with E-state index in [1.54, 1.807) is 0 Å². The van der Waals surface area contributed by atoms with Gasteiger partial charge in [-0.15, -0.1) is 0 Å². The van der Waals surface area contributed by atoms with E-state index in [4.69, 9.17) is 10.7 Å². The molecule has 0 spiro atoms. The second kappa shape index (κ2) is 7.12. The Morgan fingerprint density at radius 2 is 1.55 bits per heavy atom. The summed E-state index contributed by atoms with van der Waals surface area (Å²) in [5.74, 6) is -7.66. The normalized spacial score (nSPS) is 11.7. The van der Waals surface area contributed by atoms with Gasteiger partial charge >= 0.3 is 0 Å². The van der Waals surface area contributed by atoms with Crippen molar-refractivity contribution < 1.29 is 30.7 Å². The van der Waals surface area contributed by atoms with E-state index in [0.717, 1.165) is 0 Å². The molecule has 1 aromatic carbocycles. The first-order valence-corrected chi connectivity index (χ1v) is 8.08. The lowest BCUT2D eigenvalue weighted by atomic mass is 10.2. The van der Waals surface area contributed by atoms with Crippen LogP contribution in [0, 0.1) is 23.3 Å². The summed E-state index contributed by atoms with van der Waals surface area (Å²) in [6.07, 6.45) is 0.869. The predicted molar refractivity (Wildman–Crippen MR) is 65.3 cm³/mol. The third kappa shape index (κ3) is 5.16. The third-order valence-electron chi connectivity index (χ3n) is 2.35. The molecule has 0 radical (unpaired) electrons. The first kappa shape index (κ1) is 17.0. The van der Waals surface area contributed by atoms with Crippen molar-refractivity contribution in [2.24, 2.45) is 0 Å². The summed E-state index contributed by atoms with van der Waals surface area (Å²) in [5, 5.41) is 0. The van der Waals surface area contributed by atoms with Crippen molar-refractivity contribution >= 4 is 19.7 Å². The fourth-order valence-electron chi connectivity index (χ4n) is 1.41. The van der Waals surface area contributed by atoms with Crippen LogP contribution < -0.4 is 4.74 Å². The van der Waals surface area contributed by atoms with E-state index in [-0.39, 0.29) is 31.3 Å². The monoisotopic (exact) mass is 334 g/mol. The lowest BCUT2D eigenvalue weighted by molar-refractivity contribution is 0.264. The van der Waals surface area contributed by atoms with Gasteiger partial charge in [-0.1, -0.05) is 0 Å². The van der Waals surface area contributed by atoms with Gasteiger partial charge in [-0.05, 0) is 19.3 Å². The van der Waals surface area contributed by atoms with Crippen LogP contribution in [0.25, 0.3) is 0 Å². The molecule has 1 rings (SSSR count). The molecule has 0 bridgehead atoms. The lowest BCUT2D eigenvalue weighted by Gasteiger charge is -2.09. The van der Waals surface area contributed by atoms with Crippen LogP contribution in [0.3, 0.4) is 0 Å². The van der Waals surface area contributed by atoms with Crippen LogP contribution in [0.2, 0.25) is 0 Å². The maximum Gasteiger partial charge on any atom is 0.232 e. The van der Waals surface area contributed by atoms with Gasteiger partial charge in [0.25, 0.3) is 0 Å². The highest BCUT2D eigenvalue weighted by Gasteiger charge is 2.20. The van der Waals surface area contributed by atoms with Gasteiger partial charge in [-0.2, -0.15) is 8.78 Å². The standard InChI is InChI=1S/C11H11ClF4O3S/c12-20(17,18)5-3-1-2-4-19-11-9(15)7(13)6-8(14)10(11)16/h6H,1-5H2. The molecule has 0 saturated heterocycles. The minimum Gasteiger partial charge on any atom is -0.487 e. The van der Waals surface area contributed by atoms with Gasteiger partial charge in [0.1, 0.15) is 0 Å². The van der Waals surface area contributed by atoms with Crippen LogP contribution in [-0.2, 0) is 9.05 Å². The van der Waals surface area contributed by atoms with E-state index in [1.165, 1.54) is 0 Å². The van der Waals surface area contributed by atoms with E-state index < -0.39 is 38.1 Å². The van der Waals surface area contributed by atoms with Gasteiger partial charge < -0.3 is 4.74 Å². The molecule has 0 fully saturated rings. The number of rotatable bonds is 7. The summed E-state index contributed by atoms with van der Waals surface area (Å²) < 4.78 is 77.9. The zero-order valence-electron chi connectivity index (χ0n) is 10.1. The third-order valence-corrected chi connectivity index (χ3v) is 3.59. The minimum absolute atomic E-state index is 0.0862. The first-order chi connectivity index (χ1) is 9.22. The van der Waals surface area contributed by atoms with Crippen LogP contribution in [-0.4, -0.2) is 20.8 Å². The highest BCUT2D eigenvalue weighted by molar-refractivity contribution is 8.13. The molecule has 0 aromatic heterocycles. The molecule has 0 atom stereocenters. The predicted octanol–water partition coefficient (Wildman–Crippen LogP) is 3.36. The SMILES string of the molecule is O=S(=O)(Cl)CCCCCOc1c(F)c(F)cc(F)c1F. The average molecular weight is 335 g/mol. The first-order valence-electron chi connectivity index (χ1n) is 5.60. The van der Waals surface area contributed by atoms with E-state index in [1.807, 2.05) is 0 Å². The molecule has 9 heteroatoms. The summed E-state index contributed by atoms with van der Waals surface area (Å²) >= 11 is 0. The van der Waals surface area contributed by atoms with Crippen molar-refractivity contribution in [3.05, 3.63) is 29.3 Å². The van der Waals surface area contributed by atoms with Crippen LogP contribution in [0.15, 0.2) is 6.07 Å².